The number of phenolic OH excluding ortho intramolecular Hbond substituents is 1. The molecule has 1 N–H and O–H groups in total. The minimum Gasteiger partial charge on any atom is -0.508 e. The second-order valence-corrected chi connectivity index (χ2v) is 7.14. The summed E-state index contributed by atoms with van der Waals surface area (Å²) in [4.78, 5) is 6.08. The summed E-state index contributed by atoms with van der Waals surface area (Å²) < 4.78 is 38.9. The Bertz CT molecular complexity index is 596. The molecule has 1 aromatic rings. The average molecular weight is 346 g/mol. The number of phenols is 1. The summed E-state index contributed by atoms with van der Waals surface area (Å²) in [5, 5.41) is 10.2. The third-order valence-electron chi connectivity index (χ3n) is 4.12. The number of hydrogen-bond donors (Lipinski definition) is 1. The number of aryl methyl sites for hydroxylation is 1. The number of rotatable bonds is 4. The predicted molar refractivity (Wildman–Crippen MR) is 88.7 cm³/mol. The highest BCUT2D eigenvalue weighted by Crippen LogP contribution is 2.59. The molecule has 1 saturated heterocycles. The predicted octanol–water partition coefficient (Wildman–Crippen LogP) is 4.60. The molecule has 1 aliphatic rings. The average Bonchev–Trinajstić information content (AvgIpc) is 2.97. The van der Waals surface area contributed by atoms with Crippen LogP contribution >= 0.6 is 11.8 Å². The van der Waals surface area contributed by atoms with Crippen LogP contribution < -0.4 is 0 Å². The van der Waals surface area contributed by atoms with Crippen LogP contribution in [0.4, 0.5) is 18.9 Å². The highest BCUT2D eigenvalue weighted by atomic mass is 32.2. The smallest absolute Gasteiger partial charge is 0.407 e. The first-order valence-corrected chi connectivity index (χ1v) is 8.49. The number of halogens is 3. The van der Waals surface area contributed by atoms with Gasteiger partial charge in [-0.25, -0.2) is 4.99 Å². The van der Waals surface area contributed by atoms with Crippen LogP contribution in [0.3, 0.4) is 0 Å². The highest BCUT2D eigenvalue weighted by Gasteiger charge is 2.59. The molecule has 0 saturated carbocycles. The van der Waals surface area contributed by atoms with Gasteiger partial charge >= 0.3 is 6.18 Å². The van der Waals surface area contributed by atoms with Gasteiger partial charge in [0.1, 0.15) is 10.5 Å². The Hall–Kier alpha value is -1.37. The molecule has 23 heavy (non-hydrogen) atoms. The van der Waals surface area contributed by atoms with Crippen LogP contribution in [0.5, 0.6) is 5.75 Å². The molecule has 0 aromatic heterocycles. The number of hydrogen-bond acceptors (Lipinski definition) is 3. The topological polar surface area (TPSA) is 35.8 Å². The maximum atomic E-state index is 13.6. The Morgan fingerprint density at radius 1 is 1.43 bits per heavy atom. The first-order chi connectivity index (χ1) is 10.7. The summed E-state index contributed by atoms with van der Waals surface area (Å²) in [6.07, 6.45) is -2.31. The van der Waals surface area contributed by atoms with Gasteiger partial charge in [-0.05, 0) is 44.1 Å². The van der Waals surface area contributed by atoms with E-state index in [9.17, 15) is 18.3 Å². The fraction of sp³-hybridized carbons (Fsp3) is 0.562. The van der Waals surface area contributed by atoms with Crippen molar-refractivity contribution < 1.29 is 18.3 Å². The van der Waals surface area contributed by atoms with E-state index in [2.05, 4.69) is 4.99 Å². The second kappa shape index (κ2) is 6.63. The molecule has 0 aliphatic carbocycles. The lowest BCUT2D eigenvalue weighted by Crippen LogP contribution is -2.37. The first kappa shape index (κ1) is 18.0. The molecule has 0 bridgehead atoms. The SMILES string of the molecule is CCN(C)/C=N/c1cc(O)c(C2(C(F)(F)F)CCCS2)cc1C. The van der Waals surface area contributed by atoms with Crippen molar-refractivity contribution >= 4 is 23.8 Å². The number of aliphatic imine (C=N–C) groups is 1. The number of nitrogens with zero attached hydrogens (tertiary/aromatic N) is 2. The van der Waals surface area contributed by atoms with Crippen LogP contribution in [0.25, 0.3) is 0 Å². The van der Waals surface area contributed by atoms with Gasteiger partial charge in [-0.3, -0.25) is 0 Å². The largest absolute Gasteiger partial charge is 0.508 e. The van der Waals surface area contributed by atoms with Crippen LogP contribution in [0.1, 0.15) is 30.9 Å². The van der Waals surface area contributed by atoms with Gasteiger partial charge in [0.05, 0.1) is 12.0 Å². The molecule has 0 radical (unpaired) electrons. The van der Waals surface area contributed by atoms with E-state index in [0.717, 1.165) is 18.3 Å². The monoisotopic (exact) mass is 346 g/mol. The molecule has 2 rings (SSSR count). The molecule has 1 fully saturated rings. The van der Waals surface area contributed by atoms with Gasteiger partial charge in [-0.15, -0.1) is 11.8 Å². The quantitative estimate of drug-likeness (QED) is 0.639. The van der Waals surface area contributed by atoms with E-state index in [0.29, 0.717) is 23.4 Å². The van der Waals surface area contributed by atoms with Crippen molar-refractivity contribution in [1.29, 1.82) is 0 Å². The molecule has 0 spiro atoms. The van der Waals surface area contributed by atoms with Gasteiger partial charge in [0, 0.05) is 25.2 Å². The summed E-state index contributed by atoms with van der Waals surface area (Å²) in [5.41, 5.74) is 1.05. The van der Waals surface area contributed by atoms with Gasteiger partial charge in [-0.2, -0.15) is 13.2 Å². The molecule has 7 heteroatoms. The Balaban J connectivity index is 2.45. The van der Waals surface area contributed by atoms with Crippen molar-refractivity contribution in [1.82, 2.24) is 4.90 Å². The molecule has 128 valence electrons. The van der Waals surface area contributed by atoms with E-state index in [1.54, 1.807) is 13.3 Å². The molecule has 1 aliphatic heterocycles. The molecular formula is C16H21F3N2OS. The van der Waals surface area contributed by atoms with E-state index in [4.69, 9.17) is 0 Å². The Morgan fingerprint density at radius 3 is 2.65 bits per heavy atom. The zero-order chi connectivity index (χ0) is 17.3. The zero-order valence-corrected chi connectivity index (χ0v) is 14.3. The molecule has 1 atom stereocenters. The third-order valence-corrected chi connectivity index (χ3v) is 5.76. The lowest BCUT2D eigenvalue weighted by molar-refractivity contribution is -0.162. The van der Waals surface area contributed by atoms with Crippen molar-refractivity contribution in [2.45, 2.75) is 37.6 Å². The number of thioether (sulfide) groups is 1. The van der Waals surface area contributed by atoms with Gasteiger partial charge in [0.25, 0.3) is 0 Å². The molecular weight excluding hydrogens is 325 g/mol. The lowest BCUT2D eigenvalue weighted by atomic mass is 9.90. The highest BCUT2D eigenvalue weighted by molar-refractivity contribution is 8.00. The molecule has 1 heterocycles. The molecule has 1 aromatic carbocycles. The van der Waals surface area contributed by atoms with Crippen molar-refractivity contribution in [2.24, 2.45) is 4.99 Å². The van der Waals surface area contributed by atoms with E-state index in [1.165, 1.54) is 12.1 Å². The van der Waals surface area contributed by atoms with E-state index in [1.807, 2.05) is 18.9 Å². The number of aromatic hydroxyl groups is 1. The van der Waals surface area contributed by atoms with Crippen LogP contribution in [-0.2, 0) is 4.75 Å². The molecule has 3 nitrogen and oxygen atoms in total. The lowest BCUT2D eigenvalue weighted by Gasteiger charge is -2.32. The van der Waals surface area contributed by atoms with E-state index < -0.39 is 10.9 Å². The van der Waals surface area contributed by atoms with Crippen molar-refractivity contribution in [2.75, 3.05) is 19.3 Å². The normalized spacial score (nSPS) is 22.0. The summed E-state index contributed by atoms with van der Waals surface area (Å²) >= 11 is 0.869. The number of benzene rings is 1. The molecule has 1 unspecified atom stereocenters. The van der Waals surface area contributed by atoms with Gasteiger partial charge < -0.3 is 10.0 Å². The van der Waals surface area contributed by atoms with E-state index in [-0.39, 0.29) is 17.7 Å². The van der Waals surface area contributed by atoms with Crippen molar-refractivity contribution in [3.63, 3.8) is 0 Å². The van der Waals surface area contributed by atoms with Crippen molar-refractivity contribution in [3.05, 3.63) is 23.3 Å². The third kappa shape index (κ3) is 3.44. The fourth-order valence-corrected chi connectivity index (χ4v) is 4.03. The summed E-state index contributed by atoms with van der Waals surface area (Å²) in [5.74, 6) is 0.104. The summed E-state index contributed by atoms with van der Waals surface area (Å²) in [6.45, 7) is 4.44. The minimum atomic E-state index is -4.40. The van der Waals surface area contributed by atoms with Crippen LogP contribution in [-0.4, -0.2) is 41.9 Å². The van der Waals surface area contributed by atoms with Crippen LogP contribution in [0, 0.1) is 6.92 Å². The van der Waals surface area contributed by atoms with Crippen molar-refractivity contribution in [3.8, 4) is 5.75 Å². The van der Waals surface area contributed by atoms with Gasteiger partial charge in [0.15, 0.2) is 0 Å². The Kier molecular flexibility index (Phi) is 5.18. The summed E-state index contributed by atoms with van der Waals surface area (Å²) in [6, 6.07) is 2.76. The standard InChI is InChI=1S/C16H21F3N2OS/c1-4-21(3)10-20-13-9-14(22)12(8-11(13)2)15(16(17,18)19)6-5-7-23-15/h8-10,22H,4-7H2,1-3H3/b20-10+. The maximum absolute atomic E-state index is 13.6. The zero-order valence-electron chi connectivity index (χ0n) is 13.4. The maximum Gasteiger partial charge on any atom is 0.407 e. The van der Waals surface area contributed by atoms with Crippen LogP contribution in [0.15, 0.2) is 17.1 Å². The Labute approximate surface area is 138 Å². The molecule has 0 amide bonds. The minimum absolute atomic E-state index is 0.00461. The number of alkyl halides is 3. The Morgan fingerprint density at radius 2 is 2.13 bits per heavy atom. The first-order valence-electron chi connectivity index (χ1n) is 7.50. The van der Waals surface area contributed by atoms with Gasteiger partial charge in [0.2, 0.25) is 0 Å². The van der Waals surface area contributed by atoms with Gasteiger partial charge in [-0.1, -0.05) is 0 Å². The van der Waals surface area contributed by atoms with Crippen LogP contribution in [0.2, 0.25) is 0 Å². The summed E-state index contributed by atoms with van der Waals surface area (Å²) in [7, 11) is 1.85. The fourth-order valence-electron chi connectivity index (χ4n) is 2.62. The second-order valence-electron chi connectivity index (χ2n) is 5.75. The van der Waals surface area contributed by atoms with E-state index >= 15 is 0 Å².